The zero-order valence-electron chi connectivity index (χ0n) is 8.30. The van der Waals surface area contributed by atoms with Crippen LogP contribution in [0.3, 0.4) is 0 Å². The number of carbonyl (C=O) groups is 2. The molecule has 0 aliphatic carbocycles. The minimum absolute atomic E-state index is 0.00400. The molecule has 82 valence electrons. The molecule has 0 aromatic heterocycles. The zero-order valence-corrected chi connectivity index (χ0v) is 9.12. The number of nitrogens with two attached hydrogens (primary N) is 1. The second-order valence-electron chi connectivity index (χ2n) is 3.35. The summed E-state index contributed by atoms with van der Waals surface area (Å²) in [6.45, 7) is 2.10. The van der Waals surface area contributed by atoms with Crippen LogP contribution in [0.15, 0.2) is 11.8 Å². The maximum absolute atomic E-state index is 11.4. The second kappa shape index (κ2) is 3.86. The van der Waals surface area contributed by atoms with Crippen LogP contribution in [0, 0.1) is 0 Å². The predicted octanol–water partition coefficient (Wildman–Crippen LogP) is -0.324. The number of amides is 1. The van der Waals surface area contributed by atoms with E-state index in [9.17, 15) is 9.59 Å². The van der Waals surface area contributed by atoms with E-state index in [2.05, 4.69) is 0 Å². The molecule has 0 aromatic rings. The summed E-state index contributed by atoms with van der Waals surface area (Å²) in [5.41, 5.74) is 6.13. The summed E-state index contributed by atoms with van der Waals surface area (Å²) in [6, 6.07) is -0.421. The molecule has 0 bridgehead atoms. The Bertz CT molecular complexity index is 342. The van der Waals surface area contributed by atoms with Crippen LogP contribution < -0.4 is 5.73 Å². The van der Waals surface area contributed by atoms with Crippen molar-refractivity contribution in [3.63, 3.8) is 0 Å². The van der Waals surface area contributed by atoms with Crippen molar-refractivity contribution in [2.45, 2.75) is 18.3 Å². The fourth-order valence-corrected chi connectivity index (χ4v) is 2.74. The molecule has 2 heterocycles. The Hall–Kier alpha value is -1.01. The van der Waals surface area contributed by atoms with Crippen LogP contribution in [0.5, 0.6) is 0 Å². The van der Waals surface area contributed by atoms with Crippen LogP contribution in [0.25, 0.3) is 0 Å². The first kappa shape index (κ1) is 10.5. The summed E-state index contributed by atoms with van der Waals surface area (Å²) in [6.07, 6.45) is 1.56. The van der Waals surface area contributed by atoms with E-state index in [4.69, 9.17) is 10.5 Å². The number of hydrogen-bond donors (Lipinski definition) is 1. The van der Waals surface area contributed by atoms with Crippen LogP contribution in [0.4, 0.5) is 0 Å². The van der Waals surface area contributed by atoms with Crippen LogP contribution in [-0.4, -0.2) is 40.6 Å². The number of thioether (sulfide) groups is 1. The van der Waals surface area contributed by atoms with E-state index in [0.29, 0.717) is 17.9 Å². The molecule has 15 heavy (non-hydrogen) atoms. The fraction of sp³-hybridized carbons (Fsp3) is 0.556. The third-order valence-electron chi connectivity index (χ3n) is 2.36. The number of β-lactam (4-membered cyclic amide) rings is 1. The van der Waals surface area contributed by atoms with E-state index in [1.807, 2.05) is 0 Å². The highest BCUT2D eigenvalue weighted by Crippen LogP contribution is 2.35. The Morgan fingerprint density at radius 2 is 2.53 bits per heavy atom. The number of carbonyl (C=O) groups excluding carboxylic acids is 2. The van der Waals surface area contributed by atoms with Crippen molar-refractivity contribution in [3.8, 4) is 0 Å². The van der Waals surface area contributed by atoms with Gasteiger partial charge >= 0.3 is 5.97 Å². The van der Waals surface area contributed by atoms with Crippen LogP contribution in [0.1, 0.15) is 6.92 Å². The molecule has 6 heteroatoms. The van der Waals surface area contributed by atoms with Crippen molar-refractivity contribution >= 4 is 23.6 Å². The lowest BCUT2D eigenvalue weighted by molar-refractivity contribution is -0.141. The molecule has 1 saturated heterocycles. The highest BCUT2D eigenvalue weighted by Gasteiger charge is 2.46. The number of rotatable bonds is 2. The zero-order chi connectivity index (χ0) is 11.0. The van der Waals surface area contributed by atoms with Gasteiger partial charge in [0, 0.05) is 12.0 Å². The largest absolute Gasteiger partial charge is 0.463 e. The summed E-state index contributed by atoms with van der Waals surface area (Å²) < 4.78 is 4.86. The van der Waals surface area contributed by atoms with E-state index in [0.717, 1.165) is 0 Å². The third kappa shape index (κ3) is 1.63. The van der Waals surface area contributed by atoms with Crippen molar-refractivity contribution in [3.05, 3.63) is 11.8 Å². The molecule has 2 aliphatic rings. The highest BCUT2D eigenvalue weighted by atomic mass is 32.2. The standard InChI is InChI=1S/C9H12N2O3S/c1-2-14-9(13)5-3-11-7(12)6(10)8(11)15-4-5/h3,6,8H,2,4,10H2,1H3/t6?,8-/m1/s1. The van der Waals surface area contributed by atoms with Crippen molar-refractivity contribution in [1.29, 1.82) is 0 Å². The Labute approximate surface area is 91.6 Å². The number of hydrogen-bond acceptors (Lipinski definition) is 5. The topological polar surface area (TPSA) is 72.6 Å². The molecule has 1 amide bonds. The van der Waals surface area contributed by atoms with E-state index in [1.54, 1.807) is 13.1 Å². The molecule has 2 atom stereocenters. The average molecular weight is 228 g/mol. The molecule has 2 N–H and O–H groups in total. The molecule has 1 unspecified atom stereocenters. The molecular weight excluding hydrogens is 216 g/mol. The molecular formula is C9H12N2O3S. The van der Waals surface area contributed by atoms with Gasteiger partial charge in [0.2, 0.25) is 5.91 Å². The molecule has 0 aromatic carbocycles. The molecule has 2 rings (SSSR count). The first-order valence-electron chi connectivity index (χ1n) is 4.72. The smallest absolute Gasteiger partial charge is 0.336 e. The number of nitrogens with zero attached hydrogens (tertiary/aromatic N) is 1. The molecule has 2 aliphatic heterocycles. The van der Waals surface area contributed by atoms with E-state index >= 15 is 0 Å². The van der Waals surface area contributed by atoms with Gasteiger partial charge < -0.3 is 15.4 Å². The first-order valence-corrected chi connectivity index (χ1v) is 5.77. The normalized spacial score (nSPS) is 29.1. The lowest BCUT2D eigenvalue weighted by Gasteiger charge is -2.45. The van der Waals surface area contributed by atoms with Crippen LogP contribution >= 0.6 is 11.8 Å². The fourth-order valence-electron chi connectivity index (χ4n) is 1.55. The van der Waals surface area contributed by atoms with Crippen molar-refractivity contribution in [2.24, 2.45) is 5.73 Å². The van der Waals surface area contributed by atoms with Gasteiger partial charge in [-0.05, 0) is 6.92 Å². The maximum Gasteiger partial charge on any atom is 0.336 e. The SMILES string of the molecule is CCOC(=O)C1=CN2C(=O)C(N)[C@H]2SC1. The molecule has 0 saturated carbocycles. The van der Waals surface area contributed by atoms with Crippen molar-refractivity contribution in [2.75, 3.05) is 12.4 Å². The Balaban J connectivity index is 2.08. The summed E-state index contributed by atoms with van der Waals surface area (Å²) in [4.78, 5) is 24.2. The summed E-state index contributed by atoms with van der Waals surface area (Å²) in [7, 11) is 0. The van der Waals surface area contributed by atoms with Gasteiger partial charge in [-0.1, -0.05) is 0 Å². The monoisotopic (exact) mass is 228 g/mol. The van der Waals surface area contributed by atoms with Gasteiger partial charge in [0.05, 0.1) is 12.2 Å². The molecule has 0 radical (unpaired) electrons. The summed E-state index contributed by atoms with van der Waals surface area (Å²) >= 11 is 1.50. The number of esters is 1. The van der Waals surface area contributed by atoms with Gasteiger partial charge in [-0.25, -0.2) is 4.79 Å². The maximum atomic E-state index is 11.4. The van der Waals surface area contributed by atoms with Crippen molar-refractivity contribution < 1.29 is 14.3 Å². The van der Waals surface area contributed by atoms with Crippen LogP contribution in [0.2, 0.25) is 0 Å². The van der Waals surface area contributed by atoms with Crippen LogP contribution in [-0.2, 0) is 14.3 Å². The van der Waals surface area contributed by atoms with E-state index in [1.165, 1.54) is 16.7 Å². The minimum atomic E-state index is -0.421. The molecule has 1 fully saturated rings. The quantitative estimate of drug-likeness (QED) is 0.518. The lowest BCUT2D eigenvalue weighted by atomic mass is 10.1. The van der Waals surface area contributed by atoms with Gasteiger partial charge in [0.1, 0.15) is 11.4 Å². The summed E-state index contributed by atoms with van der Waals surface area (Å²) in [5.74, 6) is 0.0757. The number of fused-ring (bicyclic) bond motifs is 1. The van der Waals surface area contributed by atoms with Gasteiger partial charge in [0.25, 0.3) is 0 Å². The summed E-state index contributed by atoms with van der Waals surface area (Å²) in [5, 5.41) is -0.00400. The Kier molecular flexibility index (Phi) is 2.70. The lowest BCUT2D eigenvalue weighted by Crippen LogP contribution is -2.66. The third-order valence-corrected chi connectivity index (χ3v) is 3.70. The van der Waals surface area contributed by atoms with Gasteiger partial charge in [-0.2, -0.15) is 0 Å². The second-order valence-corrected chi connectivity index (χ2v) is 4.45. The van der Waals surface area contributed by atoms with Crippen molar-refractivity contribution in [1.82, 2.24) is 4.90 Å². The average Bonchev–Trinajstić information content (AvgIpc) is 2.27. The van der Waals surface area contributed by atoms with Gasteiger partial charge in [-0.15, -0.1) is 11.8 Å². The Morgan fingerprint density at radius 3 is 3.20 bits per heavy atom. The van der Waals surface area contributed by atoms with Gasteiger partial charge in [0.15, 0.2) is 0 Å². The first-order chi connectivity index (χ1) is 7.15. The predicted molar refractivity (Wildman–Crippen MR) is 55.8 cm³/mol. The highest BCUT2D eigenvalue weighted by molar-refractivity contribution is 8.00. The molecule has 0 spiro atoms. The Morgan fingerprint density at radius 1 is 1.80 bits per heavy atom. The minimum Gasteiger partial charge on any atom is -0.463 e. The number of ether oxygens (including phenoxy) is 1. The van der Waals surface area contributed by atoms with E-state index < -0.39 is 6.04 Å². The van der Waals surface area contributed by atoms with E-state index in [-0.39, 0.29) is 17.3 Å². The molecule has 5 nitrogen and oxygen atoms in total. The van der Waals surface area contributed by atoms with Gasteiger partial charge in [-0.3, -0.25) is 4.79 Å².